The lowest BCUT2D eigenvalue weighted by molar-refractivity contribution is -0.149. The fourth-order valence-corrected chi connectivity index (χ4v) is 8.60. The lowest BCUT2D eigenvalue weighted by Gasteiger charge is -2.62. The van der Waals surface area contributed by atoms with Gasteiger partial charge in [-0.25, -0.2) is 0 Å². The van der Waals surface area contributed by atoms with Crippen molar-refractivity contribution in [2.24, 2.45) is 28.6 Å². The summed E-state index contributed by atoms with van der Waals surface area (Å²) in [6.07, 6.45) is 21.7. The highest BCUT2D eigenvalue weighted by atomic mass is 16.3. The van der Waals surface area contributed by atoms with Gasteiger partial charge in [0.05, 0.1) is 6.10 Å². The molecule has 1 amide bonds. The molecule has 3 rings (SSSR count). The molecule has 3 heteroatoms. The molecule has 0 aromatic heterocycles. The highest BCUT2D eigenvalue weighted by Gasteiger charge is 2.57. The summed E-state index contributed by atoms with van der Waals surface area (Å²) < 4.78 is 0. The second-order valence-corrected chi connectivity index (χ2v) is 13.6. The Morgan fingerprint density at radius 2 is 1.61 bits per heavy atom. The molecule has 0 heterocycles. The van der Waals surface area contributed by atoms with Crippen molar-refractivity contribution in [1.82, 2.24) is 5.32 Å². The number of rotatable bonds is 14. The molecule has 0 aromatic carbocycles. The summed E-state index contributed by atoms with van der Waals surface area (Å²) in [6.45, 7) is 12.7. The maximum absolute atomic E-state index is 12.3. The smallest absolute Gasteiger partial charge is 0.219 e. The number of aliphatic hydroxyl groups is 1. The highest BCUT2D eigenvalue weighted by molar-refractivity contribution is 5.75. The first-order chi connectivity index (χ1) is 17.2. The van der Waals surface area contributed by atoms with Crippen LogP contribution in [0.4, 0.5) is 0 Å². The van der Waals surface area contributed by atoms with Crippen LogP contribution >= 0.6 is 0 Å². The highest BCUT2D eigenvalue weighted by Crippen LogP contribution is 2.64. The maximum atomic E-state index is 12.3. The molecule has 36 heavy (non-hydrogen) atoms. The number of amides is 1. The van der Waals surface area contributed by atoms with E-state index in [-0.39, 0.29) is 17.4 Å². The Morgan fingerprint density at radius 1 is 0.917 bits per heavy atom. The van der Waals surface area contributed by atoms with Gasteiger partial charge in [-0.2, -0.15) is 0 Å². The number of unbranched alkanes of at least 4 members (excludes halogenated alkanes) is 8. The Hall–Kier alpha value is -0.830. The van der Waals surface area contributed by atoms with Gasteiger partial charge in [-0.05, 0) is 99.7 Å². The fourth-order valence-electron chi connectivity index (χ4n) is 8.60. The molecular formula is C33H59NO2. The van der Waals surface area contributed by atoms with Crippen LogP contribution in [-0.4, -0.2) is 23.7 Å². The molecule has 2 N–H and O–H groups in total. The van der Waals surface area contributed by atoms with Crippen LogP contribution in [0.15, 0.2) is 11.1 Å². The largest absolute Gasteiger partial charge is 0.393 e. The monoisotopic (exact) mass is 501 g/mol. The topological polar surface area (TPSA) is 49.3 Å². The predicted octanol–water partition coefficient (Wildman–Crippen LogP) is 8.74. The Balaban J connectivity index is 1.37. The van der Waals surface area contributed by atoms with E-state index in [2.05, 4.69) is 39.9 Å². The number of carbonyl (C=O) groups excluding carboxylic acids is 1. The van der Waals surface area contributed by atoms with E-state index >= 15 is 0 Å². The second-order valence-electron chi connectivity index (χ2n) is 13.6. The molecule has 2 saturated carbocycles. The SMILES string of the molecule is CCCCCCCCCCNC(=O)CCCCC1=C(C)CC[C@H]2C1CCC1C(C)(C)C(O)CC[C@@]12C. The zero-order valence-electron chi connectivity index (χ0n) is 24.6. The standard InChI is InChI=1S/C33H59NO2/c1-6-7-8-9-10-11-12-15-24-34-31(36)17-14-13-16-26-25(2)18-20-28-27(26)19-21-29-32(3,4)30(35)22-23-33(28,29)5/h27-30,35H,6-24H2,1-5H3,(H,34,36)/t27?,28-,29?,30?,33+/m0/s1. The fraction of sp³-hybridized carbons (Fsp3) is 0.909. The average molecular weight is 502 g/mol. The number of allylic oxidation sites excluding steroid dienone is 2. The van der Waals surface area contributed by atoms with Gasteiger partial charge in [0.15, 0.2) is 0 Å². The van der Waals surface area contributed by atoms with Crippen LogP contribution in [0.25, 0.3) is 0 Å². The minimum absolute atomic E-state index is 0.0380. The molecule has 0 aromatic rings. The van der Waals surface area contributed by atoms with Gasteiger partial charge in [0, 0.05) is 13.0 Å². The number of nitrogens with one attached hydrogen (secondary N) is 1. The summed E-state index contributed by atoms with van der Waals surface area (Å²) in [7, 11) is 0. The van der Waals surface area contributed by atoms with Crippen molar-refractivity contribution in [3.63, 3.8) is 0 Å². The Labute approximate surface area is 223 Å². The first-order valence-corrected chi connectivity index (χ1v) is 15.8. The zero-order chi connectivity index (χ0) is 26.2. The predicted molar refractivity (Wildman–Crippen MR) is 153 cm³/mol. The van der Waals surface area contributed by atoms with Crippen LogP contribution in [0.5, 0.6) is 0 Å². The normalized spacial score (nSPS) is 31.6. The van der Waals surface area contributed by atoms with Crippen molar-refractivity contribution in [3.05, 3.63) is 11.1 Å². The summed E-state index contributed by atoms with van der Waals surface area (Å²) in [4.78, 5) is 12.3. The molecule has 3 nitrogen and oxygen atoms in total. The first-order valence-electron chi connectivity index (χ1n) is 15.8. The van der Waals surface area contributed by atoms with Crippen LogP contribution in [0.2, 0.25) is 0 Å². The number of hydrogen-bond acceptors (Lipinski definition) is 2. The van der Waals surface area contributed by atoms with E-state index in [1.54, 1.807) is 11.1 Å². The minimum Gasteiger partial charge on any atom is -0.393 e. The Kier molecular flexibility index (Phi) is 11.4. The molecule has 3 aliphatic rings. The molecule has 0 aliphatic heterocycles. The third kappa shape index (κ3) is 7.17. The van der Waals surface area contributed by atoms with Gasteiger partial charge in [0.25, 0.3) is 0 Å². The Bertz CT molecular complexity index is 725. The lowest BCUT2D eigenvalue weighted by atomic mass is 9.43. The molecule has 0 radical (unpaired) electrons. The van der Waals surface area contributed by atoms with Crippen molar-refractivity contribution in [2.45, 2.75) is 156 Å². The van der Waals surface area contributed by atoms with Crippen molar-refractivity contribution in [2.75, 3.05) is 6.54 Å². The van der Waals surface area contributed by atoms with E-state index in [4.69, 9.17) is 0 Å². The zero-order valence-corrected chi connectivity index (χ0v) is 24.6. The first kappa shape index (κ1) is 29.7. The average Bonchev–Trinajstić information content (AvgIpc) is 2.84. The number of carbonyl (C=O) groups is 1. The van der Waals surface area contributed by atoms with Crippen LogP contribution < -0.4 is 5.32 Å². The molecule has 0 bridgehead atoms. The maximum Gasteiger partial charge on any atom is 0.219 e. The summed E-state index contributed by atoms with van der Waals surface area (Å²) in [5.74, 6) is 2.40. The quantitative estimate of drug-likeness (QED) is 0.185. The van der Waals surface area contributed by atoms with Gasteiger partial charge in [0.2, 0.25) is 5.91 Å². The van der Waals surface area contributed by atoms with Crippen LogP contribution in [-0.2, 0) is 4.79 Å². The number of fused-ring (bicyclic) bond motifs is 3. The van der Waals surface area contributed by atoms with Crippen LogP contribution in [0.3, 0.4) is 0 Å². The number of hydrogen-bond donors (Lipinski definition) is 2. The van der Waals surface area contributed by atoms with Gasteiger partial charge in [-0.15, -0.1) is 0 Å². The molecule has 2 fully saturated rings. The van der Waals surface area contributed by atoms with Crippen molar-refractivity contribution < 1.29 is 9.90 Å². The third-order valence-corrected chi connectivity index (χ3v) is 10.9. The molecule has 3 aliphatic carbocycles. The molecule has 5 atom stereocenters. The van der Waals surface area contributed by atoms with Crippen molar-refractivity contribution in [3.8, 4) is 0 Å². The van der Waals surface area contributed by atoms with E-state index in [1.165, 1.54) is 83.5 Å². The van der Waals surface area contributed by atoms with Crippen LogP contribution in [0, 0.1) is 28.6 Å². The summed E-state index contributed by atoms with van der Waals surface area (Å²) in [6, 6.07) is 0. The van der Waals surface area contributed by atoms with Gasteiger partial charge in [-0.1, -0.05) is 83.8 Å². The minimum atomic E-state index is -0.144. The van der Waals surface area contributed by atoms with Gasteiger partial charge in [-0.3, -0.25) is 4.79 Å². The summed E-state index contributed by atoms with van der Waals surface area (Å²) >= 11 is 0. The number of aliphatic hydroxyl groups excluding tert-OH is 1. The van der Waals surface area contributed by atoms with Gasteiger partial charge < -0.3 is 10.4 Å². The summed E-state index contributed by atoms with van der Waals surface area (Å²) in [5, 5.41) is 13.9. The molecule has 208 valence electrons. The van der Waals surface area contributed by atoms with E-state index in [0.717, 1.165) is 44.1 Å². The van der Waals surface area contributed by atoms with Gasteiger partial charge in [0.1, 0.15) is 0 Å². The van der Waals surface area contributed by atoms with Crippen molar-refractivity contribution in [1.29, 1.82) is 0 Å². The molecule has 3 unspecified atom stereocenters. The van der Waals surface area contributed by atoms with Crippen molar-refractivity contribution >= 4 is 5.91 Å². The van der Waals surface area contributed by atoms with Gasteiger partial charge >= 0.3 is 0 Å². The third-order valence-electron chi connectivity index (χ3n) is 10.9. The molecule has 0 saturated heterocycles. The van der Waals surface area contributed by atoms with E-state index < -0.39 is 0 Å². The lowest BCUT2D eigenvalue weighted by Crippen LogP contribution is -2.56. The van der Waals surface area contributed by atoms with E-state index in [1.807, 2.05) is 0 Å². The van der Waals surface area contributed by atoms with Crippen LogP contribution in [0.1, 0.15) is 150 Å². The molecule has 0 spiro atoms. The second kappa shape index (κ2) is 13.8. The Morgan fingerprint density at radius 3 is 2.33 bits per heavy atom. The molecular weight excluding hydrogens is 442 g/mol. The van der Waals surface area contributed by atoms with E-state index in [9.17, 15) is 9.90 Å². The summed E-state index contributed by atoms with van der Waals surface area (Å²) in [5.41, 5.74) is 3.80. The van der Waals surface area contributed by atoms with E-state index in [0.29, 0.717) is 17.8 Å².